The Morgan fingerprint density at radius 1 is 1.50 bits per heavy atom. The summed E-state index contributed by atoms with van der Waals surface area (Å²) in [5.74, 6) is -0.0962. The molecule has 4 heteroatoms. The molecule has 16 heavy (non-hydrogen) atoms. The Kier molecular flexibility index (Phi) is 2.52. The van der Waals surface area contributed by atoms with Gasteiger partial charge in [0.05, 0.1) is 12.0 Å². The highest BCUT2D eigenvalue weighted by Crippen LogP contribution is 2.35. The molecule has 0 radical (unpaired) electrons. The predicted octanol–water partition coefficient (Wildman–Crippen LogP) is 2.10. The number of carbonyl (C=O) groups is 2. The summed E-state index contributed by atoms with van der Waals surface area (Å²) < 4.78 is 5.19. The van der Waals surface area contributed by atoms with E-state index in [4.69, 9.17) is 4.74 Å². The number of rotatable bonds is 0. The van der Waals surface area contributed by atoms with Gasteiger partial charge in [0.15, 0.2) is 0 Å². The van der Waals surface area contributed by atoms with Crippen LogP contribution in [0.4, 0.5) is 4.79 Å². The molecule has 0 aromatic carbocycles. The average molecular weight is 223 g/mol. The van der Waals surface area contributed by atoms with Gasteiger partial charge in [0.2, 0.25) is 5.91 Å². The predicted molar refractivity (Wildman–Crippen MR) is 58.7 cm³/mol. The number of imide groups is 1. The van der Waals surface area contributed by atoms with E-state index in [2.05, 4.69) is 0 Å². The molecule has 0 aromatic heterocycles. The second-order valence-corrected chi connectivity index (χ2v) is 5.29. The Morgan fingerprint density at radius 2 is 2.19 bits per heavy atom. The fourth-order valence-corrected chi connectivity index (χ4v) is 2.12. The number of likely N-dealkylation sites (tertiary alicyclic amines) is 1. The van der Waals surface area contributed by atoms with Crippen LogP contribution in [0.5, 0.6) is 0 Å². The van der Waals surface area contributed by atoms with Crippen molar-refractivity contribution >= 4 is 12.0 Å². The molecule has 2 atom stereocenters. The van der Waals surface area contributed by atoms with Gasteiger partial charge in [-0.05, 0) is 33.6 Å². The molecular weight excluding hydrogens is 206 g/mol. The monoisotopic (exact) mass is 223 g/mol. The highest BCUT2D eigenvalue weighted by Gasteiger charge is 2.51. The third-order valence-corrected chi connectivity index (χ3v) is 2.83. The second kappa shape index (κ2) is 3.61. The van der Waals surface area contributed by atoms with E-state index in [1.165, 1.54) is 4.90 Å². The molecule has 2 amide bonds. The molecule has 1 aliphatic carbocycles. The Hall–Kier alpha value is -1.32. The molecule has 1 saturated heterocycles. The molecule has 2 aliphatic rings. The molecule has 0 unspecified atom stereocenters. The lowest BCUT2D eigenvalue weighted by atomic mass is 9.80. The second-order valence-electron chi connectivity index (χ2n) is 5.29. The number of carbonyl (C=O) groups excluding carboxylic acids is 2. The van der Waals surface area contributed by atoms with Gasteiger partial charge in [-0.3, -0.25) is 4.79 Å². The van der Waals surface area contributed by atoms with Crippen LogP contribution < -0.4 is 0 Å². The van der Waals surface area contributed by atoms with Gasteiger partial charge in [0, 0.05) is 0 Å². The van der Waals surface area contributed by atoms with Gasteiger partial charge in [0.25, 0.3) is 0 Å². The third-order valence-electron chi connectivity index (χ3n) is 2.83. The number of ether oxygens (including phenoxy) is 1. The quantitative estimate of drug-likeness (QED) is 0.466. The summed E-state index contributed by atoms with van der Waals surface area (Å²) in [4.78, 5) is 24.7. The molecular formula is C12H17NO3. The maximum Gasteiger partial charge on any atom is 0.417 e. The first kappa shape index (κ1) is 11.2. The van der Waals surface area contributed by atoms with Gasteiger partial charge in [0.1, 0.15) is 5.60 Å². The molecule has 1 aliphatic heterocycles. The molecule has 0 bridgehead atoms. The largest absolute Gasteiger partial charge is 0.443 e. The van der Waals surface area contributed by atoms with Crippen molar-refractivity contribution in [3.63, 3.8) is 0 Å². The molecule has 0 spiro atoms. The van der Waals surface area contributed by atoms with Crippen LogP contribution in [-0.4, -0.2) is 28.5 Å². The van der Waals surface area contributed by atoms with Crippen molar-refractivity contribution < 1.29 is 14.3 Å². The lowest BCUT2D eigenvalue weighted by Gasteiger charge is -2.45. The van der Waals surface area contributed by atoms with Crippen molar-refractivity contribution in [1.82, 2.24) is 4.90 Å². The highest BCUT2D eigenvalue weighted by molar-refractivity contribution is 6.00. The maximum absolute atomic E-state index is 11.8. The zero-order chi connectivity index (χ0) is 11.9. The van der Waals surface area contributed by atoms with E-state index in [1.807, 2.05) is 12.2 Å². The first-order chi connectivity index (χ1) is 7.40. The number of hydrogen-bond acceptors (Lipinski definition) is 3. The van der Waals surface area contributed by atoms with E-state index in [0.717, 1.165) is 12.8 Å². The minimum atomic E-state index is -0.555. The molecule has 0 N–H and O–H groups in total. The average Bonchev–Trinajstić information content (AvgIpc) is 2.14. The van der Waals surface area contributed by atoms with Gasteiger partial charge in [-0.15, -0.1) is 0 Å². The van der Waals surface area contributed by atoms with Crippen LogP contribution in [0.25, 0.3) is 0 Å². The summed E-state index contributed by atoms with van der Waals surface area (Å²) in [6.07, 6.45) is 5.20. The van der Waals surface area contributed by atoms with E-state index in [1.54, 1.807) is 20.8 Å². The molecule has 1 fully saturated rings. The van der Waals surface area contributed by atoms with Crippen LogP contribution in [0.1, 0.15) is 33.6 Å². The Bertz CT molecular complexity index is 354. The number of nitrogens with zero attached hydrogens (tertiary/aromatic N) is 1. The summed E-state index contributed by atoms with van der Waals surface area (Å²) in [5, 5.41) is 0. The lowest BCUT2D eigenvalue weighted by molar-refractivity contribution is -0.151. The van der Waals surface area contributed by atoms with Crippen molar-refractivity contribution in [2.75, 3.05) is 0 Å². The summed E-state index contributed by atoms with van der Waals surface area (Å²) in [6.45, 7) is 5.38. The van der Waals surface area contributed by atoms with Crippen LogP contribution in [0.2, 0.25) is 0 Å². The molecule has 4 nitrogen and oxygen atoms in total. The Labute approximate surface area is 95.2 Å². The smallest absolute Gasteiger partial charge is 0.417 e. The standard InChI is InChI=1S/C12H17NO3/c1-12(2,3)16-11(15)13-9-7-5-4-6-8(9)10(13)14/h5,7-9H,4,6H2,1-3H3/t8-,9+/m0/s1. The first-order valence-corrected chi connectivity index (χ1v) is 5.63. The third kappa shape index (κ3) is 1.84. The highest BCUT2D eigenvalue weighted by atomic mass is 16.6. The summed E-state index contributed by atoms with van der Waals surface area (Å²) in [7, 11) is 0. The summed E-state index contributed by atoms with van der Waals surface area (Å²) >= 11 is 0. The topological polar surface area (TPSA) is 46.6 Å². The zero-order valence-corrected chi connectivity index (χ0v) is 9.90. The van der Waals surface area contributed by atoms with Crippen LogP contribution in [0.15, 0.2) is 12.2 Å². The lowest BCUT2D eigenvalue weighted by Crippen LogP contribution is -2.63. The number of allylic oxidation sites excluding steroid dienone is 1. The number of β-lactam (4-membered cyclic amide) rings is 1. The van der Waals surface area contributed by atoms with Crippen LogP contribution in [-0.2, 0) is 9.53 Å². The summed E-state index contributed by atoms with van der Waals surface area (Å²) in [6, 6.07) is -0.0731. The molecule has 88 valence electrons. The molecule has 1 heterocycles. The van der Waals surface area contributed by atoms with Gasteiger partial charge in [-0.1, -0.05) is 12.2 Å². The van der Waals surface area contributed by atoms with Gasteiger partial charge >= 0.3 is 6.09 Å². The fraction of sp³-hybridized carbons (Fsp3) is 0.667. The minimum Gasteiger partial charge on any atom is -0.443 e. The van der Waals surface area contributed by atoms with E-state index >= 15 is 0 Å². The molecule has 2 rings (SSSR count). The zero-order valence-electron chi connectivity index (χ0n) is 9.90. The van der Waals surface area contributed by atoms with Crippen molar-refractivity contribution in [1.29, 1.82) is 0 Å². The summed E-state index contributed by atoms with van der Waals surface area (Å²) in [5.41, 5.74) is -0.555. The fourth-order valence-electron chi connectivity index (χ4n) is 2.12. The number of fused-ring (bicyclic) bond motifs is 1. The number of amides is 2. The maximum atomic E-state index is 11.8. The van der Waals surface area contributed by atoms with Crippen LogP contribution in [0, 0.1) is 5.92 Å². The number of hydrogen-bond donors (Lipinski definition) is 0. The normalized spacial score (nSPS) is 28.4. The molecule has 0 saturated carbocycles. The van der Waals surface area contributed by atoms with E-state index < -0.39 is 11.7 Å². The Morgan fingerprint density at radius 3 is 2.81 bits per heavy atom. The van der Waals surface area contributed by atoms with Gasteiger partial charge in [-0.2, -0.15) is 0 Å². The van der Waals surface area contributed by atoms with E-state index in [-0.39, 0.29) is 17.9 Å². The minimum absolute atomic E-state index is 0.00230. The SMILES string of the molecule is CC(C)(C)OC(=O)N1C(=O)[C@H]2CCC=C[C@H]21. The van der Waals surface area contributed by atoms with Crippen LogP contribution in [0.3, 0.4) is 0 Å². The first-order valence-electron chi connectivity index (χ1n) is 5.63. The van der Waals surface area contributed by atoms with Crippen molar-refractivity contribution in [2.45, 2.75) is 45.3 Å². The Balaban J connectivity index is 2.05. The van der Waals surface area contributed by atoms with Crippen molar-refractivity contribution in [3.8, 4) is 0 Å². The van der Waals surface area contributed by atoms with Gasteiger partial charge in [-0.25, -0.2) is 9.69 Å². The van der Waals surface area contributed by atoms with E-state index in [9.17, 15) is 9.59 Å². The van der Waals surface area contributed by atoms with Crippen molar-refractivity contribution in [3.05, 3.63) is 12.2 Å². The van der Waals surface area contributed by atoms with Gasteiger partial charge < -0.3 is 4.74 Å². The molecule has 0 aromatic rings. The van der Waals surface area contributed by atoms with Crippen molar-refractivity contribution in [2.24, 2.45) is 5.92 Å². The van der Waals surface area contributed by atoms with E-state index in [0.29, 0.717) is 0 Å². The van der Waals surface area contributed by atoms with Crippen LogP contribution >= 0.6 is 0 Å².